The van der Waals surface area contributed by atoms with E-state index in [2.05, 4.69) is 15.9 Å². The van der Waals surface area contributed by atoms with Crippen LogP contribution >= 0.6 is 15.9 Å². The Morgan fingerprint density at radius 2 is 1.86 bits per heavy atom. The lowest BCUT2D eigenvalue weighted by Crippen LogP contribution is -2.54. The smallest absolute Gasteiger partial charge is 0.335 e. The molecule has 9 nitrogen and oxygen atoms in total. The summed E-state index contributed by atoms with van der Waals surface area (Å²) in [5, 5.41) is 13.3. The van der Waals surface area contributed by atoms with Gasteiger partial charge in [0.1, 0.15) is 11.4 Å². The van der Waals surface area contributed by atoms with Crippen LogP contribution in [0.4, 0.5) is 20.6 Å². The van der Waals surface area contributed by atoms with Gasteiger partial charge in [-0.05, 0) is 57.9 Å². The fourth-order valence-corrected chi connectivity index (χ4v) is 3.30. The van der Waals surface area contributed by atoms with Crippen LogP contribution < -0.4 is 15.0 Å². The summed E-state index contributed by atoms with van der Waals surface area (Å²) >= 11 is 3.14. The van der Waals surface area contributed by atoms with Crippen LogP contribution in [0.3, 0.4) is 0 Å². The Morgan fingerprint density at radius 1 is 1.21 bits per heavy atom. The van der Waals surface area contributed by atoms with E-state index in [1.807, 2.05) is 5.32 Å². The van der Waals surface area contributed by atoms with Gasteiger partial charge < -0.3 is 4.74 Å². The topological polar surface area (TPSA) is 119 Å². The minimum Gasteiger partial charge on any atom is -0.489 e. The molecule has 0 saturated carbocycles. The summed E-state index contributed by atoms with van der Waals surface area (Å²) < 4.78 is 18.4. The van der Waals surface area contributed by atoms with Crippen LogP contribution in [0.5, 0.6) is 5.75 Å². The van der Waals surface area contributed by atoms with Crippen molar-refractivity contribution in [1.29, 1.82) is 0 Å². The predicted octanol–water partition coefficient (Wildman–Crippen LogP) is 3.17. The normalized spacial score (nSPS) is 15.5. The Hall–Kier alpha value is -3.60. The molecule has 0 bridgehead atoms. The fraction of sp³-hybridized carbons (Fsp3) is 0.0556. The van der Waals surface area contributed by atoms with E-state index in [0.717, 1.165) is 24.3 Å². The molecule has 29 heavy (non-hydrogen) atoms. The Kier molecular flexibility index (Phi) is 5.41. The summed E-state index contributed by atoms with van der Waals surface area (Å²) in [5.41, 5.74) is -0.616. The molecule has 0 unspecified atom stereocenters. The van der Waals surface area contributed by atoms with Crippen LogP contribution in [-0.2, 0) is 9.59 Å². The average molecular weight is 464 g/mol. The molecule has 0 spiro atoms. The van der Waals surface area contributed by atoms with Gasteiger partial charge in [0, 0.05) is 6.07 Å². The van der Waals surface area contributed by atoms with E-state index in [-0.39, 0.29) is 27.2 Å². The number of methoxy groups -OCH3 is 1. The van der Waals surface area contributed by atoms with E-state index in [9.17, 15) is 28.9 Å². The van der Waals surface area contributed by atoms with Gasteiger partial charge in [-0.2, -0.15) is 0 Å². The maximum absolute atomic E-state index is 13.1. The Morgan fingerprint density at radius 3 is 2.45 bits per heavy atom. The van der Waals surface area contributed by atoms with Gasteiger partial charge in [-0.25, -0.2) is 14.1 Å². The minimum absolute atomic E-state index is 0.0281. The van der Waals surface area contributed by atoms with E-state index < -0.39 is 34.2 Å². The van der Waals surface area contributed by atoms with Crippen LogP contribution in [0.25, 0.3) is 6.08 Å². The third-order valence-corrected chi connectivity index (χ3v) is 4.53. The summed E-state index contributed by atoms with van der Waals surface area (Å²) in [7, 11) is 1.26. The Labute approximate surface area is 171 Å². The first kappa shape index (κ1) is 20.1. The monoisotopic (exact) mass is 463 g/mol. The second-order valence-electron chi connectivity index (χ2n) is 5.75. The van der Waals surface area contributed by atoms with E-state index in [4.69, 9.17) is 4.74 Å². The minimum atomic E-state index is -0.995. The quantitative estimate of drug-likeness (QED) is 0.322. The number of ether oxygens (including phenoxy) is 1. The van der Waals surface area contributed by atoms with E-state index in [1.165, 1.54) is 25.3 Å². The molecule has 1 saturated heterocycles. The number of benzene rings is 2. The average Bonchev–Trinajstić information content (AvgIpc) is 2.66. The van der Waals surface area contributed by atoms with Crippen molar-refractivity contribution in [2.75, 3.05) is 12.0 Å². The van der Waals surface area contributed by atoms with Gasteiger partial charge in [0.25, 0.3) is 11.8 Å². The zero-order valence-corrected chi connectivity index (χ0v) is 16.2. The summed E-state index contributed by atoms with van der Waals surface area (Å²) in [6.45, 7) is 0. The van der Waals surface area contributed by atoms with Crippen molar-refractivity contribution in [2.24, 2.45) is 0 Å². The van der Waals surface area contributed by atoms with Gasteiger partial charge in [-0.15, -0.1) is 0 Å². The zero-order valence-electron chi connectivity index (χ0n) is 14.6. The van der Waals surface area contributed by atoms with Crippen molar-refractivity contribution in [2.45, 2.75) is 0 Å². The molecule has 0 atom stereocenters. The zero-order chi connectivity index (χ0) is 21.3. The van der Waals surface area contributed by atoms with Gasteiger partial charge in [-0.1, -0.05) is 0 Å². The highest BCUT2D eigenvalue weighted by Gasteiger charge is 2.37. The number of anilines is 1. The van der Waals surface area contributed by atoms with Crippen molar-refractivity contribution in [3.63, 3.8) is 0 Å². The van der Waals surface area contributed by atoms with Crippen LogP contribution in [0, 0.1) is 15.9 Å². The molecule has 11 heteroatoms. The maximum atomic E-state index is 13.1. The molecule has 1 heterocycles. The Balaban J connectivity index is 2.07. The first-order valence-corrected chi connectivity index (χ1v) is 8.71. The standard InChI is InChI=1S/C18H11BrFN3O6/c1-29-15-13(19)7-9(8-14(15)23(27)28)6-12-16(24)21-18(26)22(17(12)25)11-4-2-10(20)3-5-11/h2-8H,1H3,(H,21,24,26)/b12-6+. The third-order valence-electron chi connectivity index (χ3n) is 3.94. The van der Waals surface area contributed by atoms with E-state index >= 15 is 0 Å². The van der Waals surface area contributed by atoms with Crippen molar-refractivity contribution in [1.82, 2.24) is 5.32 Å². The largest absolute Gasteiger partial charge is 0.489 e. The van der Waals surface area contributed by atoms with Gasteiger partial charge in [0.2, 0.25) is 5.75 Å². The molecule has 0 aliphatic carbocycles. The highest BCUT2D eigenvalue weighted by atomic mass is 79.9. The van der Waals surface area contributed by atoms with Crippen molar-refractivity contribution >= 4 is 51.2 Å². The van der Waals surface area contributed by atoms with Gasteiger partial charge in [0.05, 0.1) is 22.2 Å². The van der Waals surface area contributed by atoms with E-state index in [0.29, 0.717) is 4.90 Å². The van der Waals surface area contributed by atoms with Crippen LogP contribution in [0.2, 0.25) is 0 Å². The number of nitro benzene ring substituents is 1. The summed E-state index contributed by atoms with van der Waals surface area (Å²) in [4.78, 5) is 48.3. The number of halogens is 2. The molecule has 2 aromatic rings. The molecule has 0 aromatic heterocycles. The lowest BCUT2D eigenvalue weighted by Gasteiger charge is -2.26. The Bertz CT molecular complexity index is 1080. The summed E-state index contributed by atoms with van der Waals surface area (Å²) in [6.07, 6.45) is 1.11. The second kappa shape index (κ2) is 7.80. The van der Waals surface area contributed by atoms with Crippen LogP contribution in [0.1, 0.15) is 5.56 Å². The third kappa shape index (κ3) is 3.85. The second-order valence-corrected chi connectivity index (χ2v) is 6.60. The molecular weight excluding hydrogens is 453 g/mol. The molecule has 0 radical (unpaired) electrons. The number of hydrogen-bond donors (Lipinski definition) is 1. The number of amides is 4. The number of rotatable bonds is 4. The number of nitrogens with zero attached hydrogens (tertiary/aromatic N) is 2. The predicted molar refractivity (Wildman–Crippen MR) is 103 cm³/mol. The number of urea groups is 1. The number of nitro groups is 1. The lowest BCUT2D eigenvalue weighted by atomic mass is 10.1. The summed E-state index contributed by atoms with van der Waals surface area (Å²) in [5.74, 6) is -2.52. The molecular formula is C18H11BrFN3O6. The van der Waals surface area contributed by atoms with Crippen molar-refractivity contribution < 1.29 is 28.4 Å². The molecule has 2 aromatic carbocycles. The van der Waals surface area contributed by atoms with Crippen molar-refractivity contribution in [3.05, 3.63) is 67.9 Å². The molecule has 148 valence electrons. The van der Waals surface area contributed by atoms with Gasteiger partial charge >= 0.3 is 11.7 Å². The number of nitrogens with one attached hydrogen (secondary N) is 1. The first-order valence-electron chi connectivity index (χ1n) is 7.92. The molecule has 1 N–H and O–H groups in total. The fourth-order valence-electron chi connectivity index (χ4n) is 2.67. The summed E-state index contributed by atoms with van der Waals surface area (Å²) in [6, 6.07) is 6.06. The highest BCUT2D eigenvalue weighted by molar-refractivity contribution is 9.10. The number of carbonyl (C=O) groups is 3. The number of barbiturate groups is 1. The number of imide groups is 2. The van der Waals surface area contributed by atoms with E-state index in [1.54, 1.807) is 0 Å². The lowest BCUT2D eigenvalue weighted by molar-refractivity contribution is -0.385. The molecule has 1 aliphatic rings. The number of hydrogen-bond acceptors (Lipinski definition) is 6. The first-order chi connectivity index (χ1) is 13.7. The number of carbonyl (C=O) groups excluding carboxylic acids is 3. The van der Waals surface area contributed by atoms with Gasteiger partial charge in [-0.3, -0.25) is 25.0 Å². The van der Waals surface area contributed by atoms with Crippen molar-refractivity contribution in [3.8, 4) is 5.75 Å². The SMILES string of the molecule is COc1c(Br)cc(/C=C2\C(=O)NC(=O)N(c3ccc(F)cc3)C2=O)cc1[N+](=O)[O-]. The molecule has 1 aliphatic heterocycles. The molecule has 4 amide bonds. The van der Waals surface area contributed by atoms with Crippen LogP contribution in [0.15, 0.2) is 46.4 Å². The molecule has 3 rings (SSSR count). The van der Waals surface area contributed by atoms with Crippen LogP contribution in [-0.4, -0.2) is 29.9 Å². The maximum Gasteiger partial charge on any atom is 0.335 e. The molecule has 1 fully saturated rings. The van der Waals surface area contributed by atoms with Gasteiger partial charge in [0.15, 0.2) is 0 Å². The highest BCUT2D eigenvalue weighted by Crippen LogP contribution is 2.37.